The Balaban J connectivity index is 2.31. The zero-order valence-corrected chi connectivity index (χ0v) is 9.43. The molecule has 2 heteroatoms. The van der Waals surface area contributed by atoms with Crippen molar-refractivity contribution in [3.05, 3.63) is 34.9 Å². The highest BCUT2D eigenvalue weighted by Crippen LogP contribution is 2.35. The van der Waals surface area contributed by atoms with Crippen LogP contribution >= 0.6 is 11.6 Å². The molecule has 1 fully saturated rings. The van der Waals surface area contributed by atoms with Crippen LogP contribution in [-0.2, 0) is 0 Å². The van der Waals surface area contributed by atoms with Crippen LogP contribution in [0.4, 0.5) is 0 Å². The molecule has 1 saturated heterocycles. The fourth-order valence-corrected chi connectivity index (χ4v) is 2.53. The van der Waals surface area contributed by atoms with Crippen molar-refractivity contribution < 1.29 is 0 Å². The van der Waals surface area contributed by atoms with E-state index < -0.39 is 0 Å². The first-order valence-corrected chi connectivity index (χ1v) is 5.48. The van der Waals surface area contributed by atoms with Gasteiger partial charge >= 0.3 is 0 Å². The molecule has 1 heterocycles. The number of benzene rings is 1. The monoisotopic (exact) mass is 209 g/mol. The molecule has 0 bridgehead atoms. The van der Waals surface area contributed by atoms with Gasteiger partial charge in [-0.15, -0.1) is 0 Å². The van der Waals surface area contributed by atoms with Crippen LogP contribution in [-0.4, -0.2) is 12.1 Å². The Hall–Kier alpha value is -0.530. The van der Waals surface area contributed by atoms with E-state index in [0.29, 0.717) is 5.92 Å². The molecule has 76 valence electrons. The maximum atomic E-state index is 6.00. The minimum absolute atomic E-state index is 0.199. The molecule has 0 unspecified atom stereocenters. The van der Waals surface area contributed by atoms with Crippen molar-refractivity contribution in [3.63, 3.8) is 0 Å². The average Bonchev–Trinajstić information content (AvgIpc) is 2.45. The lowest BCUT2D eigenvalue weighted by molar-refractivity contribution is 0.411. The minimum Gasteiger partial charge on any atom is -0.311 e. The van der Waals surface area contributed by atoms with Crippen molar-refractivity contribution in [2.24, 2.45) is 0 Å². The lowest BCUT2D eigenvalue weighted by Crippen LogP contribution is -2.36. The summed E-state index contributed by atoms with van der Waals surface area (Å²) in [6.07, 6.45) is 1.20. The predicted octanol–water partition coefficient (Wildman–Crippen LogP) is 3.20. The molecule has 14 heavy (non-hydrogen) atoms. The highest BCUT2D eigenvalue weighted by molar-refractivity contribution is 6.30. The first-order chi connectivity index (χ1) is 6.59. The molecular formula is C12H16ClN. The predicted molar refractivity (Wildman–Crippen MR) is 60.9 cm³/mol. The van der Waals surface area contributed by atoms with Crippen LogP contribution in [0.3, 0.4) is 0 Å². The largest absolute Gasteiger partial charge is 0.311 e. The maximum absolute atomic E-state index is 6.00. The number of halogens is 1. The van der Waals surface area contributed by atoms with Crippen molar-refractivity contribution in [1.82, 2.24) is 5.32 Å². The highest BCUT2D eigenvalue weighted by Gasteiger charge is 2.34. The second kappa shape index (κ2) is 3.56. The molecule has 0 aliphatic carbocycles. The van der Waals surface area contributed by atoms with Gasteiger partial charge in [0.1, 0.15) is 0 Å². The second-order valence-electron chi connectivity index (χ2n) is 4.54. The van der Waals surface area contributed by atoms with Crippen LogP contribution in [0.1, 0.15) is 31.7 Å². The Labute approximate surface area is 90.5 Å². The van der Waals surface area contributed by atoms with Gasteiger partial charge in [-0.1, -0.05) is 23.7 Å². The lowest BCUT2D eigenvalue weighted by atomic mass is 9.83. The molecular weight excluding hydrogens is 194 g/mol. The van der Waals surface area contributed by atoms with E-state index in [1.54, 1.807) is 0 Å². The van der Waals surface area contributed by atoms with E-state index in [2.05, 4.69) is 31.3 Å². The number of rotatable bonds is 1. The van der Waals surface area contributed by atoms with E-state index in [0.717, 1.165) is 11.6 Å². The topological polar surface area (TPSA) is 12.0 Å². The average molecular weight is 210 g/mol. The van der Waals surface area contributed by atoms with Crippen molar-refractivity contribution in [2.45, 2.75) is 31.7 Å². The summed E-state index contributed by atoms with van der Waals surface area (Å²) in [7, 11) is 0. The van der Waals surface area contributed by atoms with E-state index in [1.807, 2.05) is 12.1 Å². The highest BCUT2D eigenvalue weighted by atomic mass is 35.5. The van der Waals surface area contributed by atoms with Crippen LogP contribution in [0, 0.1) is 0 Å². The molecule has 1 aromatic rings. The van der Waals surface area contributed by atoms with E-state index in [9.17, 15) is 0 Å². The van der Waals surface area contributed by atoms with Crippen molar-refractivity contribution in [3.8, 4) is 0 Å². The minimum atomic E-state index is 0.199. The standard InChI is InChI=1S/C12H16ClN/c1-12(2)11(6-7-14-12)9-4-3-5-10(13)8-9/h3-5,8,11,14H,6-7H2,1-2H3/t11-/m1/s1. The number of hydrogen-bond acceptors (Lipinski definition) is 1. The molecule has 0 saturated carbocycles. The van der Waals surface area contributed by atoms with Gasteiger partial charge in [0.05, 0.1) is 0 Å². The van der Waals surface area contributed by atoms with Gasteiger partial charge in [0.25, 0.3) is 0 Å². The fourth-order valence-electron chi connectivity index (χ4n) is 2.33. The summed E-state index contributed by atoms with van der Waals surface area (Å²) in [5, 5.41) is 4.36. The summed E-state index contributed by atoms with van der Waals surface area (Å²) in [5.74, 6) is 0.584. The van der Waals surface area contributed by atoms with Crippen molar-refractivity contribution in [2.75, 3.05) is 6.54 Å². The fraction of sp³-hybridized carbons (Fsp3) is 0.500. The van der Waals surface area contributed by atoms with E-state index in [1.165, 1.54) is 12.0 Å². The summed E-state index contributed by atoms with van der Waals surface area (Å²) in [6, 6.07) is 8.22. The molecule has 0 radical (unpaired) electrons. The number of hydrogen-bond donors (Lipinski definition) is 1. The van der Waals surface area contributed by atoms with Crippen LogP contribution in [0.25, 0.3) is 0 Å². The Morgan fingerprint density at radius 2 is 2.21 bits per heavy atom. The Kier molecular flexibility index (Phi) is 2.54. The van der Waals surface area contributed by atoms with Crippen LogP contribution in [0.5, 0.6) is 0 Å². The summed E-state index contributed by atoms with van der Waals surface area (Å²) in [5.41, 5.74) is 1.55. The Bertz CT molecular complexity index is 333. The molecule has 0 amide bonds. The normalized spacial score (nSPS) is 25.2. The van der Waals surface area contributed by atoms with Gasteiger partial charge in [-0.05, 0) is 44.5 Å². The molecule has 0 aromatic heterocycles. The third-order valence-electron chi connectivity index (χ3n) is 3.14. The zero-order chi connectivity index (χ0) is 10.2. The van der Waals surface area contributed by atoms with E-state index in [4.69, 9.17) is 11.6 Å². The van der Waals surface area contributed by atoms with Crippen molar-refractivity contribution >= 4 is 11.6 Å². The molecule has 1 aliphatic rings. The summed E-state index contributed by atoms with van der Waals surface area (Å²) >= 11 is 6.00. The molecule has 2 rings (SSSR count). The van der Waals surface area contributed by atoms with Gasteiger partial charge in [-0.2, -0.15) is 0 Å². The van der Waals surface area contributed by atoms with E-state index >= 15 is 0 Å². The maximum Gasteiger partial charge on any atom is 0.0408 e. The molecule has 1 nitrogen and oxygen atoms in total. The molecule has 0 spiro atoms. The lowest BCUT2D eigenvalue weighted by Gasteiger charge is -2.27. The zero-order valence-electron chi connectivity index (χ0n) is 8.68. The molecule has 1 aromatic carbocycles. The van der Waals surface area contributed by atoms with Gasteiger partial charge in [0.2, 0.25) is 0 Å². The summed E-state index contributed by atoms with van der Waals surface area (Å²) in [4.78, 5) is 0. The van der Waals surface area contributed by atoms with E-state index in [-0.39, 0.29) is 5.54 Å². The molecule has 1 atom stereocenters. The second-order valence-corrected chi connectivity index (χ2v) is 4.98. The Morgan fingerprint density at radius 1 is 1.43 bits per heavy atom. The smallest absolute Gasteiger partial charge is 0.0408 e. The van der Waals surface area contributed by atoms with Gasteiger partial charge in [-0.25, -0.2) is 0 Å². The van der Waals surface area contributed by atoms with Crippen LogP contribution < -0.4 is 5.32 Å². The first kappa shape index (κ1) is 10.0. The number of nitrogens with one attached hydrogen (secondary N) is 1. The quantitative estimate of drug-likeness (QED) is 0.749. The summed E-state index contributed by atoms with van der Waals surface area (Å²) in [6.45, 7) is 5.61. The summed E-state index contributed by atoms with van der Waals surface area (Å²) < 4.78 is 0. The molecule has 1 aliphatic heterocycles. The van der Waals surface area contributed by atoms with Gasteiger partial charge < -0.3 is 5.32 Å². The molecule has 1 N–H and O–H groups in total. The third kappa shape index (κ3) is 1.79. The van der Waals surface area contributed by atoms with Gasteiger partial charge in [-0.3, -0.25) is 0 Å². The van der Waals surface area contributed by atoms with Crippen LogP contribution in [0.15, 0.2) is 24.3 Å². The third-order valence-corrected chi connectivity index (χ3v) is 3.37. The van der Waals surface area contributed by atoms with Crippen LogP contribution in [0.2, 0.25) is 5.02 Å². The van der Waals surface area contributed by atoms with Crippen molar-refractivity contribution in [1.29, 1.82) is 0 Å². The van der Waals surface area contributed by atoms with Gasteiger partial charge in [0.15, 0.2) is 0 Å². The van der Waals surface area contributed by atoms with Gasteiger partial charge in [0, 0.05) is 16.5 Å². The Morgan fingerprint density at radius 3 is 2.79 bits per heavy atom. The first-order valence-electron chi connectivity index (χ1n) is 5.10. The SMILES string of the molecule is CC1(C)NCC[C@@H]1c1cccc(Cl)c1.